The molecule has 2 aromatic carbocycles. The Morgan fingerprint density at radius 1 is 1.05 bits per heavy atom. The van der Waals surface area contributed by atoms with Crippen LogP contribution < -0.4 is 11.1 Å². The lowest BCUT2D eigenvalue weighted by molar-refractivity contribution is 0.102. The normalized spacial score (nSPS) is 10.3. The summed E-state index contributed by atoms with van der Waals surface area (Å²) in [4.78, 5) is 11.7. The fourth-order valence-electron chi connectivity index (χ4n) is 1.50. The summed E-state index contributed by atoms with van der Waals surface area (Å²) < 4.78 is 39.3. The third kappa shape index (κ3) is 2.67. The molecule has 1 amide bonds. The maximum absolute atomic E-state index is 13.4. The summed E-state index contributed by atoms with van der Waals surface area (Å²) in [7, 11) is 0. The fourth-order valence-corrected chi connectivity index (χ4v) is 1.50. The highest BCUT2D eigenvalue weighted by Crippen LogP contribution is 2.18. The van der Waals surface area contributed by atoms with Gasteiger partial charge in [-0.2, -0.15) is 0 Å². The second-order valence-electron chi connectivity index (χ2n) is 3.79. The highest BCUT2D eigenvalue weighted by atomic mass is 19.2. The second kappa shape index (κ2) is 5.01. The summed E-state index contributed by atoms with van der Waals surface area (Å²) in [6.45, 7) is 0. The van der Waals surface area contributed by atoms with E-state index in [1.807, 2.05) is 0 Å². The molecule has 0 aromatic heterocycles. The first-order chi connectivity index (χ1) is 8.99. The minimum atomic E-state index is -1.24. The van der Waals surface area contributed by atoms with Crippen LogP contribution in [-0.2, 0) is 0 Å². The van der Waals surface area contributed by atoms with Gasteiger partial charge >= 0.3 is 0 Å². The molecule has 6 heteroatoms. The Morgan fingerprint density at radius 2 is 1.79 bits per heavy atom. The van der Waals surface area contributed by atoms with Gasteiger partial charge in [-0.3, -0.25) is 4.79 Å². The largest absolute Gasteiger partial charge is 0.396 e. The molecule has 0 unspecified atom stereocenters. The summed E-state index contributed by atoms with van der Waals surface area (Å²) in [5.41, 5.74) is 4.92. The molecular formula is C13H9F3N2O. The number of carbonyl (C=O) groups is 1. The van der Waals surface area contributed by atoms with E-state index >= 15 is 0 Å². The lowest BCUT2D eigenvalue weighted by Crippen LogP contribution is -2.14. The van der Waals surface area contributed by atoms with Gasteiger partial charge < -0.3 is 11.1 Å². The van der Waals surface area contributed by atoms with Crippen LogP contribution in [0.15, 0.2) is 36.4 Å². The van der Waals surface area contributed by atoms with Gasteiger partial charge in [0.2, 0.25) is 0 Å². The van der Waals surface area contributed by atoms with Crippen LogP contribution in [0.2, 0.25) is 0 Å². The van der Waals surface area contributed by atoms with Crippen molar-refractivity contribution < 1.29 is 18.0 Å². The number of rotatable bonds is 2. The summed E-state index contributed by atoms with van der Waals surface area (Å²) >= 11 is 0. The molecule has 0 heterocycles. The monoisotopic (exact) mass is 266 g/mol. The van der Waals surface area contributed by atoms with Gasteiger partial charge in [0.15, 0.2) is 11.6 Å². The van der Waals surface area contributed by atoms with E-state index in [0.717, 1.165) is 18.2 Å². The average Bonchev–Trinajstić information content (AvgIpc) is 2.37. The van der Waals surface area contributed by atoms with Crippen LogP contribution in [0.1, 0.15) is 10.4 Å². The third-order valence-electron chi connectivity index (χ3n) is 2.45. The fraction of sp³-hybridized carbons (Fsp3) is 0. The smallest absolute Gasteiger partial charge is 0.258 e. The van der Waals surface area contributed by atoms with E-state index in [0.29, 0.717) is 0 Å². The number of nitrogens with one attached hydrogen (secondary N) is 1. The molecule has 0 saturated carbocycles. The number of anilines is 2. The standard InChI is InChI=1S/C13H9F3N2O/c14-9-5-4-7(6-11(9)17)18-13(19)8-2-1-3-10(15)12(8)16/h1-6H,17H2,(H,18,19). The van der Waals surface area contributed by atoms with Crippen molar-refractivity contribution >= 4 is 17.3 Å². The molecule has 0 spiro atoms. The Morgan fingerprint density at radius 3 is 2.47 bits per heavy atom. The predicted octanol–water partition coefficient (Wildman–Crippen LogP) is 2.94. The predicted molar refractivity (Wildman–Crippen MR) is 65.1 cm³/mol. The zero-order valence-electron chi connectivity index (χ0n) is 9.58. The van der Waals surface area contributed by atoms with E-state index in [4.69, 9.17) is 5.73 Å². The molecule has 0 aliphatic carbocycles. The molecule has 19 heavy (non-hydrogen) atoms. The Hall–Kier alpha value is -2.50. The van der Waals surface area contributed by atoms with Crippen LogP contribution in [0, 0.1) is 17.5 Å². The molecule has 0 atom stereocenters. The van der Waals surface area contributed by atoms with Crippen molar-refractivity contribution in [2.24, 2.45) is 0 Å². The Balaban J connectivity index is 2.26. The highest BCUT2D eigenvalue weighted by molar-refractivity contribution is 6.04. The van der Waals surface area contributed by atoms with Crippen LogP contribution in [0.25, 0.3) is 0 Å². The van der Waals surface area contributed by atoms with Crippen molar-refractivity contribution in [1.82, 2.24) is 0 Å². The maximum atomic E-state index is 13.4. The lowest BCUT2D eigenvalue weighted by atomic mass is 10.2. The van der Waals surface area contributed by atoms with E-state index in [9.17, 15) is 18.0 Å². The van der Waals surface area contributed by atoms with E-state index in [-0.39, 0.29) is 11.4 Å². The SMILES string of the molecule is Nc1cc(NC(=O)c2cccc(F)c2F)ccc1F. The van der Waals surface area contributed by atoms with Crippen molar-refractivity contribution in [3.05, 3.63) is 59.4 Å². The Kier molecular flexibility index (Phi) is 3.41. The molecule has 98 valence electrons. The van der Waals surface area contributed by atoms with Crippen molar-refractivity contribution in [2.75, 3.05) is 11.1 Å². The van der Waals surface area contributed by atoms with Crippen LogP contribution in [0.3, 0.4) is 0 Å². The van der Waals surface area contributed by atoms with E-state index in [2.05, 4.69) is 5.32 Å². The second-order valence-corrected chi connectivity index (χ2v) is 3.79. The van der Waals surface area contributed by atoms with Gasteiger partial charge in [-0.1, -0.05) is 6.07 Å². The Bertz CT molecular complexity index is 644. The molecule has 0 bridgehead atoms. The first-order valence-corrected chi connectivity index (χ1v) is 5.29. The molecule has 0 aliphatic heterocycles. The first-order valence-electron chi connectivity index (χ1n) is 5.29. The molecule has 3 N–H and O–H groups in total. The van der Waals surface area contributed by atoms with Gasteiger partial charge in [-0.25, -0.2) is 13.2 Å². The van der Waals surface area contributed by atoms with Crippen LogP contribution in [0.4, 0.5) is 24.5 Å². The average molecular weight is 266 g/mol. The zero-order valence-corrected chi connectivity index (χ0v) is 9.58. The number of halogens is 3. The molecule has 3 nitrogen and oxygen atoms in total. The highest BCUT2D eigenvalue weighted by Gasteiger charge is 2.15. The van der Waals surface area contributed by atoms with Crippen LogP contribution in [0.5, 0.6) is 0 Å². The minimum Gasteiger partial charge on any atom is -0.396 e. The number of hydrogen-bond acceptors (Lipinski definition) is 2. The Labute approximate surface area is 106 Å². The van der Waals surface area contributed by atoms with Crippen molar-refractivity contribution in [1.29, 1.82) is 0 Å². The van der Waals surface area contributed by atoms with E-state index < -0.39 is 28.9 Å². The number of hydrogen-bond donors (Lipinski definition) is 2. The van der Waals surface area contributed by atoms with Gasteiger partial charge in [0.25, 0.3) is 5.91 Å². The number of amides is 1. The molecule has 0 fully saturated rings. The molecule has 0 saturated heterocycles. The first kappa shape index (κ1) is 12.9. The number of benzene rings is 2. The summed E-state index contributed by atoms with van der Waals surface area (Å²) in [6, 6.07) is 6.77. The molecular weight excluding hydrogens is 257 g/mol. The third-order valence-corrected chi connectivity index (χ3v) is 2.45. The molecule has 2 rings (SSSR count). The lowest BCUT2D eigenvalue weighted by Gasteiger charge is -2.07. The number of carbonyl (C=O) groups excluding carboxylic acids is 1. The van der Waals surface area contributed by atoms with Crippen molar-refractivity contribution in [3.8, 4) is 0 Å². The van der Waals surface area contributed by atoms with E-state index in [1.54, 1.807) is 0 Å². The zero-order chi connectivity index (χ0) is 14.0. The summed E-state index contributed by atoms with van der Waals surface area (Å²) in [5.74, 6) is -3.83. The van der Waals surface area contributed by atoms with Crippen LogP contribution >= 0.6 is 0 Å². The summed E-state index contributed by atoms with van der Waals surface area (Å²) in [6.07, 6.45) is 0. The quantitative estimate of drug-likeness (QED) is 0.821. The summed E-state index contributed by atoms with van der Waals surface area (Å²) in [5, 5.41) is 2.30. The topological polar surface area (TPSA) is 55.1 Å². The van der Waals surface area contributed by atoms with Crippen LogP contribution in [-0.4, -0.2) is 5.91 Å². The van der Waals surface area contributed by atoms with Gasteiger partial charge in [0.1, 0.15) is 5.82 Å². The van der Waals surface area contributed by atoms with Gasteiger partial charge in [-0.05, 0) is 30.3 Å². The minimum absolute atomic E-state index is 0.155. The van der Waals surface area contributed by atoms with E-state index in [1.165, 1.54) is 18.2 Å². The molecule has 2 aromatic rings. The van der Waals surface area contributed by atoms with Crippen molar-refractivity contribution in [3.63, 3.8) is 0 Å². The molecule has 0 aliphatic rings. The number of nitrogen functional groups attached to an aromatic ring is 1. The maximum Gasteiger partial charge on any atom is 0.258 e. The number of nitrogens with two attached hydrogens (primary N) is 1. The van der Waals surface area contributed by atoms with Gasteiger partial charge in [0, 0.05) is 5.69 Å². The van der Waals surface area contributed by atoms with Crippen molar-refractivity contribution in [2.45, 2.75) is 0 Å². The van der Waals surface area contributed by atoms with Gasteiger partial charge in [0.05, 0.1) is 11.3 Å². The van der Waals surface area contributed by atoms with Gasteiger partial charge in [-0.15, -0.1) is 0 Å². The molecule has 0 radical (unpaired) electrons.